The number of hydrogen-bond acceptors (Lipinski definition) is 5. The highest BCUT2D eigenvalue weighted by atomic mass is 28.4. The predicted octanol–water partition coefficient (Wildman–Crippen LogP) is 4.27. The Hall–Kier alpha value is -1.86. The van der Waals surface area contributed by atoms with E-state index in [1.54, 1.807) is 27.4 Å². The van der Waals surface area contributed by atoms with Crippen molar-refractivity contribution in [3.63, 3.8) is 0 Å². The Morgan fingerprint density at radius 3 is 2.15 bits per heavy atom. The Morgan fingerprint density at radius 2 is 1.58 bits per heavy atom. The third kappa shape index (κ3) is 5.08. The van der Waals surface area contributed by atoms with Crippen molar-refractivity contribution in [3.8, 4) is 22.6 Å². The van der Waals surface area contributed by atoms with Gasteiger partial charge < -0.3 is 23.1 Å². The highest BCUT2D eigenvalue weighted by molar-refractivity contribution is 6.60. The molecular formula is C20H28O5Si. The standard InChI is InChI=1S/C20H28O5Si/c1-5-25-19-11-8-16(9-12-19)20-13-10-18(21)15-17(20)7-6-14-26(22-2,23-3)24-4/h8-13,15,21H,5-7,14H2,1-4H3. The molecule has 0 aliphatic rings. The minimum absolute atomic E-state index is 0.267. The number of ether oxygens (including phenoxy) is 1. The van der Waals surface area contributed by atoms with Gasteiger partial charge in [0.1, 0.15) is 11.5 Å². The summed E-state index contributed by atoms with van der Waals surface area (Å²) in [5, 5.41) is 9.91. The highest BCUT2D eigenvalue weighted by Gasteiger charge is 2.36. The topological polar surface area (TPSA) is 57.2 Å². The zero-order valence-electron chi connectivity index (χ0n) is 16.0. The molecule has 0 spiro atoms. The van der Waals surface area contributed by atoms with Gasteiger partial charge in [-0.25, -0.2) is 0 Å². The molecule has 1 N–H and O–H groups in total. The van der Waals surface area contributed by atoms with Crippen molar-refractivity contribution in [1.29, 1.82) is 0 Å². The van der Waals surface area contributed by atoms with Crippen LogP contribution in [0.15, 0.2) is 42.5 Å². The molecule has 5 nitrogen and oxygen atoms in total. The van der Waals surface area contributed by atoms with E-state index in [0.29, 0.717) is 6.61 Å². The molecular weight excluding hydrogens is 348 g/mol. The van der Waals surface area contributed by atoms with Crippen LogP contribution in [0.3, 0.4) is 0 Å². The van der Waals surface area contributed by atoms with Crippen LogP contribution in [0.4, 0.5) is 0 Å². The van der Waals surface area contributed by atoms with Crippen molar-refractivity contribution in [2.45, 2.75) is 25.8 Å². The normalized spacial score (nSPS) is 11.5. The zero-order valence-corrected chi connectivity index (χ0v) is 17.0. The van der Waals surface area contributed by atoms with Crippen LogP contribution in [0, 0.1) is 0 Å². The van der Waals surface area contributed by atoms with Gasteiger partial charge in [-0.2, -0.15) is 0 Å². The number of benzene rings is 2. The van der Waals surface area contributed by atoms with E-state index in [2.05, 4.69) is 0 Å². The lowest BCUT2D eigenvalue weighted by Crippen LogP contribution is -2.42. The molecule has 0 saturated carbocycles. The number of aromatic hydroxyl groups is 1. The van der Waals surface area contributed by atoms with Gasteiger partial charge in [-0.05, 0) is 60.7 Å². The minimum Gasteiger partial charge on any atom is -0.508 e. The molecule has 0 fully saturated rings. The summed E-state index contributed by atoms with van der Waals surface area (Å²) in [6.07, 6.45) is 1.64. The molecule has 0 amide bonds. The van der Waals surface area contributed by atoms with Gasteiger partial charge in [-0.3, -0.25) is 0 Å². The summed E-state index contributed by atoms with van der Waals surface area (Å²) >= 11 is 0. The molecule has 0 aliphatic carbocycles. The maximum absolute atomic E-state index is 9.91. The summed E-state index contributed by atoms with van der Waals surface area (Å²) in [6.45, 7) is 2.61. The summed E-state index contributed by atoms with van der Waals surface area (Å²) in [4.78, 5) is 0. The number of phenols is 1. The second kappa shape index (κ2) is 9.73. The Bertz CT molecular complexity index is 675. The summed E-state index contributed by atoms with van der Waals surface area (Å²) in [6, 6.07) is 14.2. The molecule has 2 aromatic carbocycles. The van der Waals surface area contributed by atoms with Crippen LogP contribution in [-0.2, 0) is 19.7 Å². The van der Waals surface area contributed by atoms with Gasteiger partial charge in [0.15, 0.2) is 0 Å². The predicted molar refractivity (Wildman–Crippen MR) is 105 cm³/mol. The SMILES string of the molecule is CCOc1ccc(-c2ccc(O)cc2CCC[Si](OC)(OC)OC)cc1. The second-order valence-corrected chi connectivity index (χ2v) is 9.04. The average Bonchev–Trinajstić information content (AvgIpc) is 2.67. The molecule has 0 heterocycles. The van der Waals surface area contributed by atoms with E-state index in [-0.39, 0.29) is 5.75 Å². The van der Waals surface area contributed by atoms with Gasteiger partial charge in [0.2, 0.25) is 0 Å². The summed E-state index contributed by atoms with van der Waals surface area (Å²) in [5.74, 6) is 1.12. The fourth-order valence-electron chi connectivity index (χ4n) is 3.02. The number of aryl methyl sites for hydroxylation is 1. The molecule has 142 valence electrons. The number of hydrogen-bond donors (Lipinski definition) is 1. The van der Waals surface area contributed by atoms with Crippen molar-refractivity contribution in [2.75, 3.05) is 27.9 Å². The van der Waals surface area contributed by atoms with Crippen molar-refractivity contribution < 1.29 is 23.1 Å². The van der Waals surface area contributed by atoms with Crippen LogP contribution in [-0.4, -0.2) is 41.8 Å². The smallest absolute Gasteiger partial charge is 0.500 e. The quantitative estimate of drug-likeness (QED) is 0.628. The molecule has 26 heavy (non-hydrogen) atoms. The van der Waals surface area contributed by atoms with Gasteiger partial charge in [0.05, 0.1) is 6.61 Å². The molecule has 0 aromatic heterocycles. The van der Waals surface area contributed by atoms with E-state index < -0.39 is 8.80 Å². The molecule has 0 atom stereocenters. The van der Waals surface area contributed by atoms with E-state index in [1.807, 2.05) is 43.3 Å². The van der Waals surface area contributed by atoms with Crippen LogP contribution in [0.2, 0.25) is 6.04 Å². The second-order valence-electron chi connectivity index (χ2n) is 5.95. The Labute approximate surface area is 156 Å². The number of phenolic OH excluding ortho intramolecular Hbond substituents is 1. The average molecular weight is 377 g/mol. The van der Waals surface area contributed by atoms with Gasteiger partial charge in [0, 0.05) is 27.4 Å². The first-order chi connectivity index (χ1) is 12.6. The van der Waals surface area contributed by atoms with Crippen molar-refractivity contribution in [3.05, 3.63) is 48.0 Å². The third-order valence-electron chi connectivity index (χ3n) is 4.43. The Balaban J connectivity index is 2.17. The molecule has 2 aromatic rings. The lowest BCUT2D eigenvalue weighted by Gasteiger charge is -2.24. The Morgan fingerprint density at radius 1 is 0.923 bits per heavy atom. The van der Waals surface area contributed by atoms with E-state index in [1.165, 1.54) is 0 Å². The number of rotatable bonds is 10. The Kier molecular flexibility index (Phi) is 7.65. The van der Waals surface area contributed by atoms with Gasteiger partial charge in [-0.15, -0.1) is 0 Å². The largest absolute Gasteiger partial charge is 0.508 e. The van der Waals surface area contributed by atoms with E-state index >= 15 is 0 Å². The first-order valence-electron chi connectivity index (χ1n) is 8.78. The summed E-state index contributed by atoms with van der Waals surface area (Å²) < 4.78 is 21.9. The van der Waals surface area contributed by atoms with Crippen LogP contribution < -0.4 is 4.74 Å². The van der Waals surface area contributed by atoms with Crippen molar-refractivity contribution >= 4 is 8.80 Å². The molecule has 0 bridgehead atoms. The van der Waals surface area contributed by atoms with E-state index in [9.17, 15) is 5.11 Å². The first kappa shape index (κ1) is 20.4. The van der Waals surface area contributed by atoms with Gasteiger partial charge in [-0.1, -0.05) is 18.2 Å². The molecule has 0 unspecified atom stereocenters. The first-order valence-corrected chi connectivity index (χ1v) is 10.7. The monoisotopic (exact) mass is 376 g/mol. The fourth-order valence-corrected chi connectivity index (χ4v) is 4.74. The molecule has 2 rings (SSSR count). The molecule has 0 saturated heterocycles. The van der Waals surface area contributed by atoms with Crippen LogP contribution in [0.5, 0.6) is 11.5 Å². The van der Waals surface area contributed by atoms with Crippen LogP contribution >= 0.6 is 0 Å². The molecule has 6 heteroatoms. The molecule has 0 radical (unpaired) electrons. The van der Waals surface area contributed by atoms with E-state index in [0.717, 1.165) is 41.3 Å². The molecule has 0 aliphatic heterocycles. The van der Waals surface area contributed by atoms with Gasteiger partial charge in [0.25, 0.3) is 0 Å². The summed E-state index contributed by atoms with van der Waals surface area (Å²) in [5.41, 5.74) is 3.28. The van der Waals surface area contributed by atoms with Crippen LogP contribution in [0.25, 0.3) is 11.1 Å². The lowest BCUT2D eigenvalue weighted by molar-refractivity contribution is 0.123. The minimum atomic E-state index is -2.58. The maximum Gasteiger partial charge on any atom is 0.500 e. The lowest BCUT2D eigenvalue weighted by atomic mass is 9.96. The van der Waals surface area contributed by atoms with Crippen molar-refractivity contribution in [2.24, 2.45) is 0 Å². The zero-order chi connectivity index (χ0) is 19.0. The van der Waals surface area contributed by atoms with Gasteiger partial charge >= 0.3 is 8.80 Å². The maximum atomic E-state index is 9.91. The van der Waals surface area contributed by atoms with E-state index in [4.69, 9.17) is 18.0 Å². The van der Waals surface area contributed by atoms with Crippen molar-refractivity contribution in [1.82, 2.24) is 0 Å². The highest BCUT2D eigenvalue weighted by Crippen LogP contribution is 2.30. The summed E-state index contributed by atoms with van der Waals surface area (Å²) in [7, 11) is 2.29. The third-order valence-corrected chi connectivity index (χ3v) is 7.26. The fraction of sp³-hybridized carbons (Fsp3) is 0.400. The van der Waals surface area contributed by atoms with Crippen LogP contribution in [0.1, 0.15) is 18.9 Å².